The molecule has 2 rings (SSSR count). The van der Waals surface area contributed by atoms with E-state index in [1.165, 1.54) is 43.3 Å². The standard InChI is InChI=1S/C24H34N6O7S/c1-13(31)20(30-21(33)17(25)10-15-11-26-12-27-15)23(35)29-19(9-14-3-5-16(32)6-4-14)22(34)28-18(24(36)37)7-8-38-2/h3-6,11-13,17-20,31-32H,7-10,25H2,1-2H3,(H,26,27)(H,28,34)(H,29,35)(H,30,33)(H,36,37). The maximum atomic E-state index is 13.1. The van der Waals surface area contributed by atoms with Gasteiger partial charge in [-0.3, -0.25) is 14.4 Å². The van der Waals surface area contributed by atoms with Crippen LogP contribution in [0.5, 0.6) is 5.75 Å². The summed E-state index contributed by atoms with van der Waals surface area (Å²) in [5.74, 6) is -3.05. The van der Waals surface area contributed by atoms with Gasteiger partial charge in [0, 0.05) is 24.7 Å². The second-order valence-electron chi connectivity index (χ2n) is 8.73. The first-order chi connectivity index (χ1) is 18.0. The number of hydrogen-bond acceptors (Lipinski definition) is 9. The highest BCUT2D eigenvalue weighted by Gasteiger charge is 2.32. The molecular weight excluding hydrogens is 516 g/mol. The van der Waals surface area contributed by atoms with Crippen LogP contribution in [0, 0.1) is 0 Å². The van der Waals surface area contributed by atoms with Crippen molar-refractivity contribution in [3.63, 3.8) is 0 Å². The molecule has 1 heterocycles. The summed E-state index contributed by atoms with van der Waals surface area (Å²) in [7, 11) is 0. The second kappa shape index (κ2) is 15.0. The van der Waals surface area contributed by atoms with Crippen LogP contribution in [0.3, 0.4) is 0 Å². The number of thioether (sulfide) groups is 1. The van der Waals surface area contributed by atoms with Gasteiger partial charge in [-0.15, -0.1) is 0 Å². The molecule has 14 heteroatoms. The normalized spacial score (nSPS) is 14.9. The summed E-state index contributed by atoms with van der Waals surface area (Å²) in [5.41, 5.74) is 7.10. The van der Waals surface area contributed by atoms with Crippen molar-refractivity contribution in [3.8, 4) is 5.75 Å². The van der Waals surface area contributed by atoms with Crippen LogP contribution >= 0.6 is 11.8 Å². The number of nitrogens with zero attached hydrogens (tertiary/aromatic N) is 1. The molecule has 2 aromatic rings. The number of benzene rings is 1. The summed E-state index contributed by atoms with van der Waals surface area (Å²) in [6.07, 6.45) is 3.63. The Kier molecular flexibility index (Phi) is 12.0. The smallest absolute Gasteiger partial charge is 0.326 e. The van der Waals surface area contributed by atoms with E-state index in [1.807, 2.05) is 0 Å². The molecule has 0 aliphatic heterocycles. The lowest BCUT2D eigenvalue weighted by Gasteiger charge is -2.26. The molecule has 5 unspecified atom stereocenters. The number of H-pyrrole nitrogens is 1. The number of carbonyl (C=O) groups is 4. The highest BCUT2D eigenvalue weighted by Crippen LogP contribution is 2.12. The molecule has 1 aromatic carbocycles. The van der Waals surface area contributed by atoms with Gasteiger partial charge >= 0.3 is 5.97 Å². The van der Waals surface area contributed by atoms with Crippen LogP contribution in [0.15, 0.2) is 36.8 Å². The lowest BCUT2D eigenvalue weighted by atomic mass is 10.0. The number of nitrogens with one attached hydrogen (secondary N) is 4. The Morgan fingerprint density at radius 1 is 1.03 bits per heavy atom. The fourth-order valence-electron chi connectivity index (χ4n) is 3.50. The summed E-state index contributed by atoms with van der Waals surface area (Å²) in [6, 6.07) is 0.987. The van der Waals surface area contributed by atoms with E-state index >= 15 is 0 Å². The first-order valence-corrected chi connectivity index (χ1v) is 13.2. The van der Waals surface area contributed by atoms with Gasteiger partial charge < -0.3 is 42.0 Å². The first kappa shape index (κ1) is 30.6. The van der Waals surface area contributed by atoms with Gasteiger partial charge in [-0.05, 0) is 43.0 Å². The number of aromatic hydroxyl groups is 1. The molecule has 0 saturated carbocycles. The molecule has 0 aliphatic carbocycles. The number of nitrogens with two attached hydrogens (primary N) is 1. The number of amides is 3. The van der Waals surface area contributed by atoms with Crippen molar-refractivity contribution in [1.82, 2.24) is 25.9 Å². The van der Waals surface area contributed by atoms with Crippen molar-refractivity contribution in [3.05, 3.63) is 48.0 Å². The van der Waals surface area contributed by atoms with Crippen LogP contribution in [-0.2, 0) is 32.0 Å². The van der Waals surface area contributed by atoms with Crippen LogP contribution in [-0.4, -0.2) is 91.3 Å². The van der Waals surface area contributed by atoms with Gasteiger partial charge in [0.05, 0.1) is 18.5 Å². The van der Waals surface area contributed by atoms with Crippen LogP contribution in [0.2, 0.25) is 0 Å². The molecule has 38 heavy (non-hydrogen) atoms. The van der Waals surface area contributed by atoms with Crippen LogP contribution in [0.25, 0.3) is 0 Å². The molecule has 9 N–H and O–H groups in total. The molecule has 0 saturated heterocycles. The van der Waals surface area contributed by atoms with Gasteiger partial charge in [-0.1, -0.05) is 12.1 Å². The summed E-state index contributed by atoms with van der Waals surface area (Å²) in [6.45, 7) is 1.29. The number of carbonyl (C=O) groups excluding carboxylic acids is 3. The summed E-state index contributed by atoms with van der Waals surface area (Å²) < 4.78 is 0. The van der Waals surface area contributed by atoms with Crippen molar-refractivity contribution < 1.29 is 34.5 Å². The van der Waals surface area contributed by atoms with Crippen molar-refractivity contribution >= 4 is 35.5 Å². The number of aromatic nitrogens is 2. The fraction of sp³-hybridized carbons (Fsp3) is 0.458. The number of phenolic OH excluding ortho intramolecular Hbond substituents is 1. The number of aromatic amines is 1. The molecule has 0 spiro atoms. The number of hydrogen-bond donors (Lipinski definition) is 8. The van der Waals surface area contributed by atoms with E-state index in [9.17, 15) is 34.5 Å². The predicted octanol–water partition coefficient (Wildman–Crippen LogP) is -1.10. The zero-order valence-corrected chi connectivity index (χ0v) is 21.9. The largest absolute Gasteiger partial charge is 0.508 e. The minimum absolute atomic E-state index is 0.00476. The van der Waals surface area contributed by atoms with Crippen molar-refractivity contribution in [2.45, 2.75) is 56.5 Å². The second-order valence-corrected chi connectivity index (χ2v) is 9.71. The van der Waals surface area contributed by atoms with E-state index in [0.717, 1.165) is 0 Å². The maximum Gasteiger partial charge on any atom is 0.326 e. The summed E-state index contributed by atoms with van der Waals surface area (Å²) in [4.78, 5) is 57.2. The first-order valence-electron chi connectivity index (χ1n) is 11.8. The summed E-state index contributed by atoms with van der Waals surface area (Å²) in [5, 5.41) is 36.6. The number of aliphatic hydroxyl groups excluding tert-OH is 1. The number of imidazole rings is 1. The molecule has 5 atom stereocenters. The summed E-state index contributed by atoms with van der Waals surface area (Å²) >= 11 is 1.42. The third-order valence-corrected chi connectivity index (χ3v) is 6.27. The van der Waals surface area contributed by atoms with Crippen molar-refractivity contribution in [2.24, 2.45) is 5.73 Å². The molecule has 0 fully saturated rings. The number of carboxylic acids is 1. The Balaban J connectivity index is 2.18. The Hall–Kier alpha value is -3.62. The molecule has 13 nitrogen and oxygen atoms in total. The quantitative estimate of drug-likeness (QED) is 0.134. The SMILES string of the molecule is CSCCC(NC(=O)C(Cc1ccc(O)cc1)NC(=O)C(NC(=O)C(N)Cc1cnc[nH]1)C(C)O)C(=O)O. The number of rotatable bonds is 15. The molecule has 0 bridgehead atoms. The van der Waals surface area contributed by atoms with Gasteiger partial charge in [0.15, 0.2) is 0 Å². The van der Waals surface area contributed by atoms with Crippen molar-refractivity contribution in [2.75, 3.05) is 12.0 Å². The minimum Gasteiger partial charge on any atom is -0.508 e. The van der Waals surface area contributed by atoms with Crippen LogP contribution in [0.4, 0.5) is 0 Å². The number of phenols is 1. The Bertz CT molecular complexity index is 1060. The van der Waals surface area contributed by atoms with E-state index in [4.69, 9.17) is 5.73 Å². The average molecular weight is 551 g/mol. The third kappa shape index (κ3) is 9.68. The molecular formula is C24H34N6O7S. The topological polar surface area (TPSA) is 220 Å². The highest BCUT2D eigenvalue weighted by atomic mass is 32.2. The lowest BCUT2D eigenvalue weighted by Crippen LogP contribution is -2.60. The van der Waals surface area contributed by atoms with Gasteiger partial charge in [-0.25, -0.2) is 9.78 Å². The predicted molar refractivity (Wildman–Crippen MR) is 140 cm³/mol. The molecule has 0 radical (unpaired) electrons. The third-order valence-electron chi connectivity index (χ3n) is 5.63. The zero-order chi connectivity index (χ0) is 28.2. The monoisotopic (exact) mass is 550 g/mol. The van der Waals surface area contributed by atoms with E-state index in [-0.39, 0.29) is 25.0 Å². The van der Waals surface area contributed by atoms with E-state index < -0.39 is 54.0 Å². The van der Waals surface area contributed by atoms with Gasteiger partial charge in [-0.2, -0.15) is 11.8 Å². The Labute approximate surface area is 224 Å². The van der Waals surface area contributed by atoms with E-state index in [1.54, 1.807) is 18.4 Å². The molecule has 3 amide bonds. The molecule has 208 valence electrons. The van der Waals surface area contributed by atoms with Gasteiger partial charge in [0.1, 0.15) is 23.9 Å². The average Bonchev–Trinajstić information content (AvgIpc) is 3.38. The minimum atomic E-state index is -1.45. The highest BCUT2D eigenvalue weighted by molar-refractivity contribution is 7.98. The van der Waals surface area contributed by atoms with E-state index in [2.05, 4.69) is 25.9 Å². The molecule has 0 aliphatic rings. The zero-order valence-electron chi connectivity index (χ0n) is 21.1. The fourth-order valence-corrected chi connectivity index (χ4v) is 3.97. The van der Waals surface area contributed by atoms with Crippen LogP contribution < -0.4 is 21.7 Å². The van der Waals surface area contributed by atoms with Crippen LogP contribution in [0.1, 0.15) is 24.6 Å². The van der Waals surface area contributed by atoms with Crippen molar-refractivity contribution in [1.29, 1.82) is 0 Å². The number of carboxylic acid groups (broad SMARTS) is 1. The van der Waals surface area contributed by atoms with Gasteiger partial charge in [0.25, 0.3) is 0 Å². The van der Waals surface area contributed by atoms with E-state index in [0.29, 0.717) is 17.0 Å². The van der Waals surface area contributed by atoms with Gasteiger partial charge in [0.2, 0.25) is 17.7 Å². The lowest BCUT2D eigenvalue weighted by molar-refractivity contribution is -0.142. The number of aliphatic carboxylic acids is 1. The Morgan fingerprint density at radius 3 is 2.24 bits per heavy atom. The maximum absolute atomic E-state index is 13.1. The molecule has 1 aromatic heterocycles. The Morgan fingerprint density at radius 2 is 1.68 bits per heavy atom. The number of aliphatic hydroxyl groups is 1.